The van der Waals surface area contributed by atoms with Crippen LogP contribution in [0.1, 0.15) is 16.7 Å². The summed E-state index contributed by atoms with van der Waals surface area (Å²) in [4.78, 5) is 24.2. The molecule has 0 radical (unpaired) electrons. The fourth-order valence-electron chi connectivity index (χ4n) is 3.48. The van der Waals surface area contributed by atoms with Crippen molar-refractivity contribution in [1.82, 2.24) is 5.32 Å². The van der Waals surface area contributed by atoms with Crippen LogP contribution in [-0.4, -0.2) is 39.4 Å². The Hall–Kier alpha value is -2.38. The first-order valence-corrected chi connectivity index (χ1v) is 12.4. The molecule has 0 aliphatic rings. The molecule has 3 aromatic rings. The van der Waals surface area contributed by atoms with Crippen LogP contribution < -0.4 is 5.32 Å². The average Bonchev–Trinajstić information content (AvgIpc) is 2.84. The molecule has 178 valence electrons. The molecule has 5 nitrogen and oxygen atoms in total. The topological polar surface area (TPSA) is 75.6 Å². The lowest BCUT2D eigenvalue weighted by atomic mass is 9.84. The van der Waals surface area contributed by atoms with Gasteiger partial charge < -0.3 is 15.2 Å². The molecular formula is C25H22Cl3NO4S. The Morgan fingerprint density at radius 2 is 1.24 bits per heavy atom. The fourth-order valence-corrected chi connectivity index (χ4v) is 5.20. The molecule has 1 atom stereocenters. The van der Waals surface area contributed by atoms with Gasteiger partial charge in [0, 0.05) is 5.75 Å². The van der Waals surface area contributed by atoms with Crippen LogP contribution in [0.3, 0.4) is 0 Å². The van der Waals surface area contributed by atoms with Gasteiger partial charge in [0.15, 0.2) is 0 Å². The van der Waals surface area contributed by atoms with Gasteiger partial charge >= 0.3 is 12.1 Å². The monoisotopic (exact) mass is 537 g/mol. The fraction of sp³-hybridized carbons (Fsp3) is 0.200. The molecule has 3 aromatic carbocycles. The van der Waals surface area contributed by atoms with E-state index in [0.29, 0.717) is 0 Å². The van der Waals surface area contributed by atoms with Crippen molar-refractivity contribution in [2.24, 2.45) is 0 Å². The Labute approximate surface area is 217 Å². The van der Waals surface area contributed by atoms with Gasteiger partial charge in [-0.25, -0.2) is 9.59 Å². The van der Waals surface area contributed by atoms with E-state index in [1.54, 1.807) is 0 Å². The van der Waals surface area contributed by atoms with Crippen molar-refractivity contribution in [3.8, 4) is 0 Å². The molecule has 2 N–H and O–H groups in total. The largest absolute Gasteiger partial charge is 0.480 e. The number of nitrogens with one attached hydrogen (secondary N) is 1. The normalized spacial score (nSPS) is 12.6. The molecule has 0 bridgehead atoms. The molecule has 3 rings (SSSR count). The molecule has 1 amide bonds. The minimum absolute atomic E-state index is 0.0386. The van der Waals surface area contributed by atoms with Gasteiger partial charge in [-0.05, 0) is 16.7 Å². The number of hydrogen-bond acceptors (Lipinski definition) is 4. The summed E-state index contributed by atoms with van der Waals surface area (Å²) in [7, 11) is 0. The number of alkyl carbamates (subject to hydrolysis) is 1. The summed E-state index contributed by atoms with van der Waals surface area (Å²) in [5.41, 5.74) is 2.92. The first kappa shape index (κ1) is 26.2. The lowest BCUT2D eigenvalue weighted by molar-refractivity contribution is -0.138. The Bertz CT molecular complexity index is 983. The second kappa shape index (κ2) is 11.8. The van der Waals surface area contributed by atoms with Gasteiger partial charge in [-0.1, -0.05) is 126 Å². The number of thioether (sulfide) groups is 1. The summed E-state index contributed by atoms with van der Waals surface area (Å²) < 4.78 is 2.32. The van der Waals surface area contributed by atoms with Gasteiger partial charge in [-0.2, -0.15) is 0 Å². The van der Waals surface area contributed by atoms with Crippen LogP contribution in [0, 0.1) is 0 Å². The van der Waals surface area contributed by atoms with Gasteiger partial charge in [-0.15, -0.1) is 11.8 Å². The van der Waals surface area contributed by atoms with Crippen LogP contribution in [0.5, 0.6) is 0 Å². The van der Waals surface area contributed by atoms with Gasteiger partial charge in [0.05, 0.1) is 4.75 Å². The highest BCUT2D eigenvalue weighted by Crippen LogP contribution is 2.48. The van der Waals surface area contributed by atoms with Crippen LogP contribution in [-0.2, 0) is 14.3 Å². The summed E-state index contributed by atoms with van der Waals surface area (Å²) in [6.45, 7) is -0.509. The lowest BCUT2D eigenvalue weighted by Gasteiger charge is -2.36. The number of alkyl halides is 3. The molecule has 0 aliphatic carbocycles. The number of carboxylic acids is 1. The zero-order chi connectivity index (χ0) is 24.6. The zero-order valence-corrected chi connectivity index (χ0v) is 21.0. The van der Waals surface area contributed by atoms with Crippen molar-refractivity contribution in [3.05, 3.63) is 108 Å². The second-order valence-corrected chi connectivity index (χ2v) is 11.1. The lowest BCUT2D eigenvalue weighted by Crippen LogP contribution is -2.44. The van der Waals surface area contributed by atoms with Gasteiger partial charge in [0.1, 0.15) is 12.6 Å². The number of ether oxygens (including phenoxy) is 1. The Balaban J connectivity index is 1.97. The Kier molecular flexibility index (Phi) is 9.14. The minimum atomic E-state index is -1.80. The number of halogens is 3. The number of carboxylic acid groups (broad SMARTS) is 1. The number of hydrogen-bond donors (Lipinski definition) is 2. The maximum absolute atomic E-state index is 12.2. The first-order valence-electron chi connectivity index (χ1n) is 10.3. The SMILES string of the molecule is O=C(N[C@@H](CSC(c1ccccc1)(c1ccccc1)c1ccccc1)C(=O)O)OCC(Cl)(Cl)Cl. The molecule has 0 fully saturated rings. The Morgan fingerprint density at radius 3 is 1.59 bits per heavy atom. The molecule has 0 spiro atoms. The summed E-state index contributed by atoms with van der Waals surface area (Å²) >= 11 is 18.2. The smallest absolute Gasteiger partial charge is 0.408 e. The molecule has 0 aromatic heterocycles. The Morgan fingerprint density at radius 1 is 0.824 bits per heavy atom. The molecule has 0 saturated carbocycles. The highest BCUT2D eigenvalue weighted by molar-refractivity contribution is 8.00. The summed E-state index contributed by atoms with van der Waals surface area (Å²) in [6.07, 6.45) is -0.982. The van der Waals surface area contributed by atoms with E-state index in [1.165, 1.54) is 11.8 Å². The maximum atomic E-state index is 12.2. The molecule has 0 unspecified atom stereocenters. The van der Waals surface area contributed by atoms with E-state index in [-0.39, 0.29) is 5.75 Å². The maximum Gasteiger partial charge on any atom is 0.408 e. The average molecular weight is 539 g/mol. The predicted molar refractivity (Wildman–Crippen MR) is 138 cm³/mol. The van der Waals surface area contributed by atoms with Gasteiger partial charge in [0.2, 0.25) is 3.79 Å². The zero-order valence-electron chi connectivity index (χ0n) is 17.9. The van der Waals surface area contributed by atoms with E-state index in [2.05, 4.69) is 5.32 Å². The van der Waals surface area contributed by atoms with Crippen LogP contribution in [0.15, 0.2) is 91.0 Å². The van der Waals surface area contributed by atoms with E-state index in [0.717, 1.165) is 16.7 Å². The van der Waals surface area contributed by atoms with E-state index in [4.69, 9.17) is 39.5 Å². The highest BCUT2D eigenvalue weighted by atomic mass is 35.6. The van der Waals surface area contributed by atoms with Gasteiger partial charge in [-0.3, -0.25) is 0 Å². The van der Waals surface area contributed by atoms with E-state index >= 15 is 0 Å². The summed E-state index contributed by atoms with van der Waals surface area (Å²) in [5, 5.41) is 12.2. The van der Waals surface area contributed by atoms with Crippen molar-refractivity contribution in [2.45, 2.75) is 14.6 Å². The van der Waals surface area contributed by atoms with E-state index in [1.807, 2.05) is 91.0 Å². The number of aliphatic carboxylic acids is 1. The number of carbonyl (C=O) groups excluding carboxylic acids is 1. The molecular weight excluding hydrogens is 517 g/mol. The van der Waals surface area contributed by atoms with Crippen LogP contribution in [0.2, 0.25) is 0 Å². The van der Waals surface area contributed by atoms with Crippen molar-refractivity contribution in [1.29, 1.82) is 0 Å². The third kappa shape index (κ3) is 6.83. The minimum Gasteiger partial charge on any atom is -0.480 e. The van der Waals surface area contributed by atoms with Crippen molar-refractivity contribution in [3.63, 3.8) is 0 Å². The highest BCUT2D eigenvalue weighted by Gasteiger charge is 2.38. The second-order valence-electron chi connectivity index (χ2n) is 7.32. The number of amides is 1. The molecule has 0 aliphatic heterocycles. The van der Waals surface area contributed by atoms with Crippen LogP contribution in [0.25, 0.3) is 0 Å². The molecule has 34 heavy (non-hydrogen) atoms. The van der Waals surface area contributed by atoms with E-state index in [9.17, 15) is 14.7 Å². The van der Waals surface area contributed by atoms with Crippen molar-refractivity contribution >= 4 is 58.6 Å². The predicted octanol–water partition coefficient (Wildman–Crippen LogP) is 6.26. The molecule has 0 heterocycles. The summed E-state index contributed by atoms with van der Waals surface area (Å²) in [6, 6.07) is 28.2. The third-order valence-electron chi connectivity index (χ3n) is 4.96. The number of benzene rings is 3. The first-order chi connectivity index (χ1) is 16.2. The van der Waals surface area contributed by atoms with Crippen LogP contribution >= 0.6 is 46.6 Å². The summed E-state index contributed by atoms with van der Waals surface area (Å²) in [5.74, 6) is -1.17. The third-order valence-corrected chi connectivity index (χ3v) is 6.93. The van der Waals surface area contributed by atoms with Crippen molar-refractivity contribution in [2.75, 3.05) is 12.4 Å². The van der Waals surface area contributed by atoms with E-state index < -0.39 is 33.3 Å². The van der Waals surface area contributed by atoms with Crippen LogP contribution in [0.4, 0.5) is 4.79 Å². The molecule has 9 heteroatoms. The van der Waals surface area contributed by atoms with Crippen molar-refractivity contribution < 1.29 is 19.4 Å². The number of carbonyl (C=O) groups is 2. The standard InChI is InChI=1S/C25H22Cl3NO4S/c26-24(27,28)17-33-23(32)29-21(22(30)31)16-34-25(18-10-4-1-5-11-18,19-12-6-2-7-13-19)20-14-8-3-9-15-20/h1-15,21H,16-17H2,(H,29,32)(H,30,31)/t21-/m0/s1. The van der Waals surface area contributed by atoms with Gasteiger partial charge in [0.25, 0.3) is 0 Å². The number of rotatable bonds is 9. The quantitative estimate of drug-likeness (QED) is 0.248. The molecule has 0 saturated heterocycles.